The standard InChI is InChI=1S/C29H44N6O13/c1-4-13(2)23(29(47)48)35-27(45)20(12-37)33-24(42)17(9-15-5-7-16(39)8-6-15)31-25(43)18(10-21(40)41)32-26(44)19(11-36)34-28(46)22(30)14(3)38/h5-8,13-14,17-20,22-23,36-39H,4,9-12,30H2,1-3H3,(H,31,43)(H,32,44)(H,33,42)(H,34,46)(H,35,45)(H,40,41)(H,47,48)/t13-,14+,17-,18-,19-,20-,22-,23-/m0/s1. The minimum Gasteiger partial charge on any atom is -0.508 e. The second-order valence-corrected chi connectivity index (χ2v) is 11.1. The van der Waals surface area contributed by atoms with Crippen molar-refractivity contribution >= 4 is 41.5 Å². The van der Waals surface area contributed by atoms with E-state index < -0.39 is 109 Å². The van der Waals surface area contributed by atoms with Gasteiger partial charge in [0.15, 0.2) is 0 Å². The van der Waals surface area contributed by atoms with E-state index in [4.69, 9.17) is 5.73 Å². The number of amides is 5. The molecule has 0 aliphatic carbocycles. The molecular formula is C29H44N6O13. The van der Waals surface area contributed by atoms with Crippen molar-refractivity contribution in [2.45, 2.75) is 82.4 Å². The Morgan fingerprint density at radius 1 is 0.708 bits per heavy atom. The van der Waals surface area contributed by atoms with Gasteiger partial charge in [0.2, 0.25) is 29.5 Å². The smallest absolute Gasteiger partial charge is 0.326 e. The lowest BCUT2D eigenvalue weighted by atomic mass is 9.99. The van der Waals surface area contributed by atoms with Gasteiger partial charge in [-0.15, -0.1) is 0 Å². The van der Waals surface area contributed by atoms with Crippen molar-refractivity contribution in [3.63, 3.8) is 0 Å². The molecule has 0 radical (unpaired) electrons. The highest BCUT2D eigenvalue weighted by Gasteiger charge is 2.34. The van der Waals surface area contributed by atoms with Crippen LogP contribution < -0.4 is 32.3 Å². The number of carboxylic acids is 2. The lowest BCUT2D eigenvalue weighted by Gasteiger charge is -2.27. The Balaban J connectivity index is 3.29. The fourth-order valence-electron chi connectivity index (χ4n) is 4.09. The first-order chi connectivity index (χ1) is 22.4. The molecule has 0 aliphatic rings. The van der Waals surface area contributed by atoms with E-state index in [1.165, 1.54) is 31.2 Å². The molecule has 5 amide bonds. The number of aliphatic carboxylic acids is 2. The molecule has 1 aromatic rings. The van der Waals surface area contributed by atoms with E-state index in [1.54, 1.807) is 13.8 Å². The summed E-state index contributed by atoms with van der Waals surface area (Å²) in [7, 11) is 0. The Morgan fingerprint density at radius 2 is 1.15 bits per heavy atom. The van der Waals surface area contributed by atoms with Crippen LogP contribution in [0.4, 0.5) is 0 Å². The molecule has 268 valence electrons. The van der Waals surface area contributed by atoms with Crippen LogP contribution in [0.2, 0.25) is 0 Å². The molecule has 19 heteroatoms. The van der Waals surface area contributed by atoms with Crippen LogP contribution in [0, 0.1) is 5.92 Å². The van der Waals surface area contributed by atoms with E-state index in [0.717, 1.165) is 0 Å². The molecule has 0 fully saturated rings. The monoisotopic (exact) mass is 684 g/mol. The third kappa shape index (κ3) is 13.1. The van der Waals surface area contributed by atoms with Crippen molar-refractivity contribution in [3.05, 3.63) is 29.8 Å². The molecule has 1 aromatic carbocycles. The molecule has 0 heterocycles. The molecule has 0 spiro atoms. The minimum atomic E-state index is -1.88. The predicted octanol–water partition coefficient (Wildman–Crippen LogP) is -4.34. The Hall–Kier alpha value is -4.85. The van der Waals surface area contributed by atoms with Crippen LogP contribution in [0.5, 0.6) is 5.75 Å². The summed E-state index contributed by atoms with van der Waals surface area (Å²) >= 11 is 0. The van der Waals surface area contributed by atoms with Gasteiger partial charge in [0.05, 0.1) is 25.7 Å². The summed E-state index contributed by atoms with van der Waals surface area (Å²) in [5.74, 6) is -9.15. The number of aliphatic hydroxyl groups is 3. The van der Waals surface area contributed by atoms with E-state index >= 15 is 0 Å². The molecule has 13 N–H and O–H groups in total. The zero-order valence-electron chi connectivity index (χ0n) is 26.6. The van der Waals surface area contributed by atoms with Gasteiger partial charge in [-0.05, 0) is 30.5 Å². The molecule has 0 aromatic heterocycles. The van der Waals surface area contributed by atoms with Crippen LogP contribution in [-0.2, 0) is 40.0 Å². The molecule has 1 rings (SSSR count). The predicted molar refractivity (Wildman–Crippen MR) is 165 cm³/mol. The number of rotatable bonds is 20. The normalized spacial score (nSPS) is 16.0. The minimum absolute atomic E-state index is 0.126. The first-order valence-electron chi connectivity index (χ1n) is 14.8. The maximum atomic E-state index is 13.4. The first-order valence-corrected chi connectivity index (χ1v) is 14.8. The van der Waals surface area contributed by atoms with Crippen molar-refractivity contribution in [3.8, 4) is 5.75 Å². The molecule has 19 nitrogen and oxygen atoms in total. The zero-order valence-corrected chi connectivity index (χ0v) is 26.6. The van der Waals surface area contributed by atoms with E-state index in [-0.39, 0.29) is 12.2 Å². The Morgan fingerprint density at radius 3 is 1.60 bits per heavy atom. The average molecular weight is 685 g/mol. The van der Waals surface area contributed by atoms with Crippen molar-refractivity contribution in [1.29, 1.82) is 0 Å². The number of phenolic OH excluding ortho intramolecular Hbond substituents is 1. The Labute approximate surface area is 275 Å². The number of hydrogen-bond donors (Lipinski definition) is 12. The van der Waals surface area contributed by atoms with E-state index in [0.29, 0.717) is 12.0 Å². The number of carbonyl (C=O) groups is 7. The number of nitrogens with two attached hydrogens (primary N) is 1. The number of benzene rings is 1. The second-order valence-electron chi connectivity index (χ2n) is 11.1. The van der Waals surface area contributed by atoms with Crippen LogP contribution in [-0.4, -0.2) is 128 Å². The van der Waals surface area contributed by atoms with Crippen molar-refractivity contribution in [2.24, 2.45) is 11.7 Å². The molecule has 0 saturated carbocycles. The van der Waals surface area contributed by atoms with E-state index in [2.05, 4.69) is 26.6 Å². The van der Waals surface area contributed by atoms with Crippen LogP contribution in [0.1, 0.15) is 39.2 Å². The Bertz CT molecular complexity index is 1290. The summed E-state index contributed by atoms with van der Waals surface area (Å²) in [5, 5.41) is 68.4. The van der Waals surface area contributed by atoms with Crippen molar-refractivity contribution in [1.82, 2.24) is 26.6 Å². The summed E-state index contributed by atoms with van der Waals surface area (Å²) in [6.45, 7) is 2.48. The summed E-state index contributed by atoms with van der Waals surface area (Å²) in [5.41, 5.74) is 5.88. The quantitative estimate of drug-likeness (QED) is 0.0618. The molecule has 0 aliphatic heterocycles. The van der Waals surface area contributed by atoms with Gasteiger partial charge in [0.25, 0.3) is 0 Å². The van der Waals surface area contributed by atoms with Crippen LogP contribution in [0.15, 0.2) is 24.3 Å². The summed E-state index contributed by atoms with van der Waals surface area (Å²) in [6.07, 6.45) is -2.30. The van der Waals surface area contributed by atoms with E-state index in [1.807, 2.05) is 0 Å². The average Bonchev–Trinajstić information content (AvgIpc) is 3.03. The molecular weight excluding hydrogens is 640 g/mol. The van der Waals surface area contributed by atoms with Gasteiger partial charge in [-0.25, -0.2) is 4.79 Å². The highest BCUT2D eigenvalue weighted by molar-refractivity contribution is 5.97. The summed E-state index contributed by atoms with van der Waals surface area (Å²) in [6, 6.07) is -4.39. The van der Waals surface area contributed by atoms with Crippen LogP contribution in [0.25, 0.3) is 0 Å². The largest absolute Gasteiger partial charge is 0.508 e. The van der Waals surface area contributed by atoms with Crippen LogP contribution >= 0.6 is 0 Å². The fraction of sp³-hybridized carbons (Fsp3) is 0.552. The zero-order chi connectivity index (χ0) is 36.7. The van der Waals surface area contributed by atoms with Crippen molar-refractivity contribution < 1.29 is 64.2 Å². The van der Waals surface area contributed by atoms with Crippen LogP contribution in [0.3, 0.4) is 0 Å². The molecule has 0 saturated heterocycles. The van der Waals surface area contributed by atoms with Gasteiger partial charge in [0, 0.05) is 6.42 Å². The number of aromatic hydroxyl groups is 1. The molecule has 0 bridgehead atoms. The first kappa shape index (κ1) is 41.2. The number of phenols is 1. The highest BCUT2D eigenvalue weighted by Crippen LogP contribution is 2.13. The molecule has 8 atom stereocenters. The van der Waals surface area contributed by atoms with Gasteiger partial charge in [-0.2, -0.15) is 0 Å². The lowest BCUT2D eigenvalue weighted by molar-refractivity contribution is -0.144. The summed E-state index contributed by atoms with van der Waals surface area (Å²) < 4.78 is 0. The molecule has 48 heavy (non-hydrogen) atoms. The number of aliphatic hydroxyl groups excluding tert-OH is 3. The number of carbonyl (C=O) groups excluding carboxylic acids is 5. The highest BCUT2D eigenvalue weighted by atomic mass is 16.4. The van der Waals surface area contributed by atoms with Gasteiger partial charge < -0.3 is 63.0 Å². The van der Waals surface area contributed by atoms with Gasteiger partial charge >= 0.3 is 11.9 Å². The SMILES string of the molecule is CC[C@H](C)[C@H](NC(=O)[C@H](CO)NC(=O)[C@H](Cc1ccc(O)cc1)NC(=O)[C@H](CC(=O)O)NC(=O)[C@H](CO)NC(=O)[C@@H](N)[C@@H](C)O)C(=O)O. The topological polar surface area (TPSA) is 327 Å². The number of hydrogen-bond acceptors (Lipinski definition) is 12. The van der Waals surface area contributed by atoms with E-state index in [9.17, 15) is 64.2 Å². The van der Waals surface area contributed by atoms with Gasteiger partial charge in [-0.3, -0.25) is 28.8 Å². The Kier molecular flexibility index (Phi) is 16.9. The van der Waals surface area contributed by atoms with Gasteiger partial charge in [0.1, 0.15) is 42.0 Å². The fourth-order valence-corrected chi connectivity index (χ4v) is 4.09. The van der Waals surface area contributed by atoms with Crippen molar-refractivity contribution in [2.75, 3.05) is 13.2 Å². The number of carboxylic acid groups (broad SMARTS) is 2. The van der Waals surface area contributed by atoms with Gasteiger partial charge in [-0.1, -0.05) is 32.4 Å². The molecule has 0 unspecified atom stereocenters. The second kappa shape index (κ2) is 19.7. The maximum Gasteiger partial charge on any atom is 0.326 e. The third-order valence-corrected chi connectivity index (χ3v) is 7.25. The third-order valence-electron chi connectivity index (χ3n) is 7.25. The summed E-state index contributed by atoms with van der Waals surface area (Å²) in [4.78, 5) is 87.8. The lowest BCUT2D eigenvalue weighted by Crippen LogP contribution is -2.61. The number of nitrogens with one attached hydrogen (secondary N) is 5. The maximum absolute atomic E-state index is 13.4.